The lowest BCUT2D eigenvalue weighted by Gasteiger charge is -2.25. The van der Waals surface area contributed by atoms with Crippen molar-refractivity contribution in [1.29, 1.82) is 0 Å². The molecular weight excluding hydrogens is 439 g/mol. The zero-order valence-electron chi connectivity index (χ0n) is 14.5. The number of rotatable bonds is 6. The molecule has 1 aliphatic rings. The van der Waals surface area contributed by atoms with Gasteiger partial charge in [0.05, 0.1) is 13.2 Å². The van der Waals surface area contributed by atoms with Crippen LogP contribution < -0.4 is 5.32 Å². The maximum absolute atomic E-state index is 11.8. The zero-order valence-corrected chi connectivity index (χ0v) is 17.7. The van der Waals surface area contributed by atoms with E-state index >= 15 is 0 Å². The van der Waals surface area contributed by atoms with Crippen LogP contribution in [0.25, 0.3) is 0 Å². The van der Waals surface area contributed by atoms with Crippen molar-refractivity contribution >= 4 is 47.2 Å². The van der Waals surface area contributed by atoms with Crippen LogP contribution in [0.1, 0.15) is 11.3 Å². The largest absolute Gasteiger partial charge is 0.381 e. The van der Waals surface area contributed by atoms with Gasteiger partial charge in [-0.1, -0.05) is 6.07 Å². The predicted octanol–water partition coefficient (Wildman–Crippen LogP) is 1.87. The first-order valence-electron chi connectivity index (χ1n) is 7.86. The first-order valence-corrected chi connectivity index (χ1v) is 8.74. The summed E-state index contributed by atoms with van der Waals surface area (Å²) < 4.78 is 5.44. The highest BCUT2D eigenvalue weighted by atomic mass is 127. The molecule has 24 heavy (non-hydrogen) atoms. The summed E-state index contributed by atoms with van der Waals surface area (Å²) in [6, 6.07) is 4.12. The SMILES string of the molecule is CN(C)C(=O)CN=C(NCc1cccs1)N(C)CC1CCOC1.I. The Hall–Kier alpha value is -0.870. The van der Waals surface area contributed by atoms with Crippen LogP contribution in [0.3, 0.4) is 0 Å². The van der Waals surface area contributed by atoms with Crippen LogP contribution in [-0.4, -0.2) is 69.1 Å². The van der Waals surface area contributed by atoms with E-state index in [2.05, 4.69) is 26.7 Å². The molecule has 6 nitrogen and oxygen atoms in total. The maximum atomic E-state index is 11.8. The fourth-order valence-corrected chi connectivity index (χ4v) is 3.02. The Kier molecular flexibility index (Phi) is 9.60. The van der Waals surface area contributed by atoms with Gasteiger partial charge in [0.1, 0.15) is 6.54 Å². The number of likely N-dealkylation sites (N-methyl/N-ethyl adjacent to an activating group) is 1. The van der Waals surface area contributed by atoms with E-state index in [0.717, 1.165) is 38.7 Å². The van der Waals surface area contributed by atoms with Crippen LogP contribution in [0, 0.1) is 5.92 Å². The van der Waals surface area contributed by atoms with Crippen LogP contribution in [0.2, 0.25) is 0 Å². The second-order valence-corrected chi connectivity index (χ2v) is 7.00. The van der Waals surface area contributed by atoms with Crippen LogP contribution >= 0.6 is 35.3 Å². The number of nitrogens with zero attached hydrogens (tertiary/aromatic N) is 3. The first-order chi connectivity index (χ1) is 11.1. The molecule has 2 heterocycles. The van der Waals surface area contributed by atoms with Gasteiger partial charge in [-0.15, -0.1) is 35.3 Å². The smallest absolute Gasteiger partial charge is 0.243 e. The minimum absolute atomic E-state index is 0. The van der Waals surface area contributed by atoms with Crippen molar-refractivity contribution in [3.8, 4) is 0 Å². The van der Waals surface area contributed by atoms with Crippen molar-refractivity contribution in [2.45, 2.75) is 13.0 Å². The number of nitrogens with one attached hydrogen (secondary N) is 1. The van der Waals surface area contributed by atoms with E-state index in [1.165, 1.54) is 4.88 Å². The number of ether oxygens (including phenoxy) is 1. The summed E-state index contributed by atoms with van der Waals surface area (Å²) in [5.41, 5.74) is 0. The van der Waals surface area contributed by atoms with Gasteiger partial charge < -0.3 is 19.9 Å². The van der Waals surface area contributed by atoms with Gasteiger partial charge in [0.25, 0.3) is 0 Å². The minimum atomic E-state index is -0.00183. The number of aliphatic imine (C=N–C) groups is 1. The molecule has 2 rings (SSSR count). The van der Waals surface area contributed by atoms with Gasteiger partial charge in [-0.05, 0) is 17.9 Å². The number of guanidine groups is 1. The van der Waals surface area contributed by atoms with Gasteiger partial charge in [0, 0.05) is 45.1 Å². The molecule has 0 saturated carbocycles. The van der Waals surface area contributed by atoms with Gasteiger partial charge in [-0.2, -0.15) is 0 Å². The first kappa shape index (κ1) is 21.2. The van der Waals surface area contributed by atoms with Crippen molar-refractivity contribution in [1.82, 2.24) is 15.1 Å². The van der Waals surface area contributed by atoms with Crippen molar-refractivity contribution in [2.24, 2.45) is 10.9 Å². The molecule has 0 bridgehead atoms. The van der Waals surface area contributed by atoms with Gasteiger partial charge >= 0.3 is 0 Å². The van der Waals surface area contributed by atoms with Crippen LogP contribution in [0.5, 0.6) is 0 Å². The molecule has 0 aromatic carbocycles. The second-order valence-electron chi connectivity index (χ2n) is 5.97. The number of hydrogen-bond acceptors (Lipinski definition) is 4. The third-order valence-electron chi connectivity index (χ3n) is 3.78. The Morgan fingerprint density at radius 2 is 2.25 bits per heavy atom. The molecule has 1 amide bonds. The highest BCUT2D eigenvalue weighted by molar-refractivity contribution is 14.0. The summed E-state index contributed by atoms with van der Waals surface area (Å²) >= 11 is 1.71. The highest BCUT2D eigenvalue weighted by Gasteiger charge is 2.19. The molecule has 1 fully saturated rings. The quantitative estimate of drug-likeness (QED) is 0.395. The number of hydrogen-bond donors (Lipinski definition) is 1. The minimum Gasteiger partial charge on any atom is -0.381 e. The predicted molar refractivity (Wildman–Crippen MR) is 109 cm³/mol. The topological polar surface area (TPSA) is 57.2 Å². The lowest BCUT2D eigenvalue weighted by Crippen LogP contribution is -2.42. The Labute approximate surface area is 165 Å². The van der Waals surface area contributed by atoms with E-state index in [-0.39, 0.29) is 36.4 Å². The fraction of sp³-hybridized carbons (Fsp3) is 0.625. The summed E-state index contributed by atoms with van der Waals surface area (Å²) in [6.45, 7) is 3.40. The maximum Gasteiger partial charge on any atom is 0.243 e. The van der Waals surface area contributed by atoms with E-state index in [0.29, 0.717) is 5.92 Å². The fourth-order valence-electron chi connectivity index (χ4n) is 2.38. The number of carbonyl (C=O) groups is 1. The molecule has 1 atom stereocenters. The van der Waals surface area contributed by atoms with Crippen LogP contribution in [0.15, 0.2) is 22.5 Å². The Morgan fingerprint density at radius 3 is 2.83 bits per heavy atom. The molecule has 0 aliphatic carbocycles. The molecule has 1 aromatic heterocycles. The standard InChI is InChI=1S/C16H26N4O2S.HI/c1-19(2)15(21)10-18-16(17-9-14-5-4-8-23-14)20(3)11-13-6-7-22-12-13;/h4-5,8,13H,6-7,9-12H2,1-3H3,(H,17,18);1H. The molecule has 1 aliphatic heterocycles. The van der Waals surface area contributed by atoms with E-state index in [9.17, 15) is 4.79 Å². The van der Waals surface area contributed by atoms with E-state index in [1.54, 1.807) is 30.3 Å². The van der Waals surface area contributed by atoms with Gasteiger partial charge in [-0.25, -0.2) is 4.99 Å². The van der Waals surface area contributed by atoms with Crippen molar-refractivity contribution in [2.75, 3.05) is 47.4 Å². The number of carbonyl (C=O) groups excluding carboxylic acids is 1. The lowest BCUT2D eigenvalue weighted by atomic mass is 10.1. The summed E-state index contributed by atoms with van der Waals surface area (Å²) in [7, 11) is 5.51. The molecule has 0 radical (unpaired) electrons. The van der Waals surface area contributed by atoms with Crippen molar-refractivity contribution in [3.63, 3.8) is 0 Å². The van der Waals surface area contributed by atoms with Gasteiger partial charge in [0.2, 0.25) is 5.91 Å². The summed E-state index contributed by atoms with van der Waals surface area (Å²) in [4.78, 5) is 21.2. The highest BCUT2D eigenvalue weighted by Crippen LogP contribution is 2.13. The Bertz CT molecular complexity index is 516. The van der Waals surface area contributed by atoms with E-state index in [1.807, 2.05) is 13.1 Å². The molecule has 0 spiro atoms. The molecule has 136 valence electrons. The van der Waals surface area contributed by atoms with Crippen LogP contribution in [0.4, 0.5) is 0 Å². The second kappa shape index (κ2) is 10.9. The van der Waals surface area contributed by atoms with Gasteiger partial charge in [0.15, 0.2) is 5.96 Å². The van der Waals surface area contributed by atoms with Crippen LogP contribution in [-0.2, 0) is 16.1 Å². The summed E-state index contributed by atoms with van der Waals surface area (Å²) in [5, 5.41) is 5.42. The average molecular weight is 466 g/mol. The summed E-state index contributed by atoms with van der Waals surface area (Å²) in [5.74, 6) is 1.29. The molecule has 1 aromatic rings. The molecule has 1 saturated heterocycles. The number of amides is 1. The van der Waals surface area contributed by atoms with Gasteiger partial charge in [-0.3, -0.25) is 4.79 Å². The van der Waals surface area contributed by atoms with E-state index in [4.69, 9.17) is 4.74 Å². The van der Waals surface area contributed by atoms with Crippen molar-refractivity contribution < 1.29 is 9.53 Å². The molecule has 1 N–H and O–H groups in total. The molecule has 8 heteroatoms. The Morgan fingerprint density at radius 1 is 1.46 bits per heavy atom. The number of thiophene rings is 1. The van der Waals surface area contributed by atoms with E-state index < -0.39 is 0 Å². The summed E-state index contributed by atoms with van der Waals surface area (Å²) in [6.07, 6.45) is 1.08. The third-order valence-corrected chi connectivity index (χ3v) is 4.66. The number of halogens is 1. The average Bonchev–Trinajstić information content (AvgIpc) is 3.20. The lowest BCUT2D eigenvalue weighted by molar-refractivity contribution is -0.127. The third kappa shape index (κ3) is 6.94. The van der Waals surface area contributed by atoms with Crippen molar-refractivity contribution in [3.05, 3.63) is 22.4 Å². The molecule has 1 unspecified atom stereocenters. The normalized spacial score (nSPS) is 17.3. The monoisotopic (exact) mass is 466 g/mol. The molecular formula is C16H27IN4O2S. The Balaban J connectivity index is 0.00000288. The zero-order chi connectivity index (χ0) is 16.7.